The number of nitrogens with one attached hydrogen (secondary N) is 1. The van der Waals surface area contributed by atoms with Crippen LogP contribution in [0, 0.1) is 6.92 Å². The number of rotatable bonds is 6. The molecular formula is C27H23FN2O3. The van der Waals surface area contributed by atoms with Crippen LogP contribution >= 0.6 is 0 Å². The van der Waals surface area contributed by atoms with Crippen LogP contribution in [0.25, 0.3) is 11.1 Å². The molecule has 0 saturated carbocycles. The van der Waals surface area contributed by atoms with Gasteiger partial charge in [0.2, 0.25) is 5.91 Å². The van der Waals surface area contributed by atoms with Gasteiger partial charge in [-0.2, -0.15) is 0 Å². The van der Waals surface area contributed by atoms with Crippen LogP contribution in [-0.2, 0) is 16.2 Å². The summed E-state index contributed by atoms with van der Waals surface area (Å²) in [5.74, 6) is -0.675. The first-order valence-corrected chi connectivity index (χ1v) is 10.5. The summed E-state index contributed by atoms with van der Waals surface area (Å²) in [7, 11) is 0. The van der Waals surface area contributed by atoms with E-state index in [4.69, 9.17) is 9.73 Å². The van der Waals surface area contributed by atoms with Crippen LogP contribution in [0.3, 0.4) is 0 Å². The number of fused-ring (bicyclic) bond motifs is 1. The van der Waals surface area contributed by atoms with Crippen molar-refractivity contribution in [1.29, 1.82) is 0 Å². The van der Waals surface area contributed by atoms with E-state index in [1.165, 1.54) is 6.08 Å². The molecule has 5 nitrogen and oxygen atoms in total. The van der Waals surface area contributed by atoms with E-state index in [1.807, 2.05) is 37.3 Å². The molecule has 0 fully saturated rings. The third kappa shape index (κ3) is 4.90. The standard InChI is InChI=1S/C27H23FN2O3/c1-3-10-33-27(32)21-9-5-8-20(13-21)23-15-26(31)30-25-14-22(17(2)11-24(25)29-23)19-7-4-6-18(12-19)16-28/h3-9,11-14H,1,10,15-16H2,2H3,(H,30,31). The molecule has 0 radical (unpaired) electrons. The molecule has 0 spiro atoms. The lowest BCUT2D eigenvalue weighted by Gasteiger charge is -2.12. The van der Waals surface area contributed by atoms with Crippen LogP contribution in [0.1, 0.15) is 33.5 Å². The van der Waals surface area contributed by atoms with Crippen molar-refractivity contribution in [3.63, 3.8) is 0 Å². The number of carbonyl (C=O) groups is 2. The highest BCUT2D eigenvalue weighted by Gasteiger charge is 2.20. The molecule has 3 aromatic rings. The van der Waals surface area contributed by atoms with Crippen LogP contribution in [0.4, 0.5) is 15.8 Å². The average molecular weight is 442 g/mol. The second-order valence-electron chi connectivity index (χ2n) is 7.77. The fourth-order valence-corrected chi connectivity index (χ4v) is 3.76. The van der Waals surface area contributed by atoms with Crippen LogP contribution < -0.4 is 5.32 Å². The quantitative estimate of drug-likeness (QED) is 0.380. The van der Waals surface area contributed by atoms with Gasteiger partial charge in [0.25, 0.3) is 0 Å². The number of aliphatic imine (C=N–C) groups is 1. The Bertz CT molecular complexity index is 1280. The minimum atomic E-state index is -0.539. The summed E-state index contributed by atoms with van der Waals surface area (Å²) in [6.07, 6.45) is 1.56. The molecular weight excluding hydrogens is 419 g/mol. The molecule has 3 aromatic carbocycles. The molecule has 0 atom stereocenters. The van der Waals surface area contributed by atoms with E-state index < -0.39 is 12.6 Å². The van der Waals surface area contributed by atoms with Crippen molar-refractivity contribution in [3.8, 4) is 11.1 Å². The van der Waals surface area contributed by atoms with E-state index in [1.54, 1.807) is 30.3 Å². The summed E-state index contributed by atoms with van der Waals surface area (Å²) in [4.78, 5) is 29.7. The third-order valence-electron chi connectivity index (χ3n) is 5.36. The number of benzene rings is 3. The van der Waals surface area contributed by atoms with Gasteiger partial charge >= 0.3 is 5.97 Å². The van der Waals surface area contributed by atoms with Crippen molar-refractivity contribution >= 4 is 29.0 Å². The number of hydrogen-bond donors (Lipinski definition) is 1. The van der Waals surface area contributed by atoms with Crippen molar-refractivity contribution in [2.45, 2.75) is 20.0 Å². The van der Waals surface area contributed by atoms with Gasteiger partial charge in [-0.05, 0) is 65.1 Å². The number of carbonyl (C=O) groups excluding carboxylic acids is 2. The van der Waals surface area contributed by atoms with E-state index in [9.17, 15) is 14.0 Å². The highest BCUT2D eigenvalue weighted by molar-refractivity contribution is 6.17. The normalized spacial score (nSPS) is 12.8. The number of halogens is 1. The summed E-state index contributed by atoms with van der Waals surface area (Å²) in [5.41, 5.74) is 6.12. The van der Waals surface area contributed by atoms with Gasteiger partial charge in [-0.3, -0.25) is 9.79 Å². The Labute approximate surface area is 191 Å². The Morgan fingerprint density at radius 1 is 1.15 bits per heavy atom. The molecule has 1 aliphatic heterocycles. The van der Waals surface area contributed by atoms with Gasteiger partial charge in [0.1, 0.15) is 13.3 Å². The zero-order valence-electron chi connectivity index (χ0n) is 18.2. The summed E-state index contributed by atoms with van der Waals surface area (Å²) in [5, 5.41) is 2.92. The van der Waals surface area contributed by atoms with Crippen molar-refractivity contribution in [2.24, 2.45) is 4.99 Å². The van der Waals surface area contributed by atoms with Gasteiger partial charge in [0.15, 0.2) is 0 Å². The lowest BCUT2D eigenvalue weighted by atomic mass is 9.97. The first-order valence-electron chi connectivity index (χ1n) is 10.5. The fraction of sp³-hybridized carbons (Fsp3) is 0.148. The van der Waals surface area contributed by atoms with Crippen LogP contribution in [0.2, 0.25) is 0 Å². The molecule has 4 rings (SSSR count). The van der Waals surface area contributed by atoms with E-state index in [0.29, 0.717) is 33.8 Å². The molecule has 0 aliphatic carbocycles. The molecule has 6 heteroatoms. The predicted octanol–water partition coefficient (Wildman–Crippen LogP) is 5.94. The van der Waals surface area contributed by atoms with E-state index >= 15 is 0 Å². The number of hydrogen-bond acceptors (Lipinski definition) is 4. The highest BCUT2D eigenvalue weighted by atomic mass is 19.1. The Kier molecular flexibility index (Phi) is 6.45. The maximum absolute atomic E-state index is 13.1. The number of aryl methyl sites for hydroxylation is 1. The van der Waals surface area contributed by atoms with Crippen LogP contribution in [0.5, 0.6) is 0 Å². The molecule has 0 bridgehead atoms. The number of alkyl halides is 1. The Hall–Kier alpha value is -4.06. The number of esters is 1. The molecule has 1 amide bonds. The zero-order chi connectivity index (χ0) is 23.4. The number of anilines is 1. The Balaban J connectivity index is 1.73. The maximum atomic E-state index is 13.1. The zero-order valence-corrected chi connectivity index (χ0v) is 18.2. The lowest BCUT2D eigenvalue weighted by Crippen LogP contribution is -2.15. The van der Waals surface area contributed by atoms with Crippen molar-refractivity contribution < 1.29 is 18.7 Å². The molecule has 1 N–H and O–H groups in total. The minimum absolute atomic E-state index is 0.0611. The number of nitrogens with zero attached hydrogens (tertiary/aromatic N) is 1. The Morgan fingerprint density at radius 2 is 1.94 bits per heavy atom. The van der Waals surface area contributed by atoms with E-state index in [-0.39, 0.29) is 18.9 Å². The van der Waals surface area contributed by atoms with E-state index in [0.717, 1.165) is 16.7 Å². The number of ether oxygens (including phenoxy) is 1. The van der Waals surface area contributed by atoms with Gasteiger partial charge in [0.05, 0.1) is 29.1 Å². The second kappa shape index (κ2) is 9.61. The fourth-order valence-electron chi connectivity index (χ4n) is 3.76. The molecule has 0 saturated heterocycles. The first kappa shape index (κ1) is 22.1. The minimum Gasteiger partial charge on any atom is -0.458 e. The SMILES string of the molecule is C=CCOC(=O)c1cccc(C2=Nc3cc(C)c(-c4cccc(CF)c4)cc3NC(=O)C2)c1. The monoisotopic (exact) mass is 442 g/mol. The summed E-state index contributed by atoms with van der Waals surface area (Å²) >= 11 is 0. The molecule has 1 aliphatic rings. The molecule has 166 valence electrons. The smallest absolute Gasteiger partial charge is 0.338 e. The average Bonchev–Trinajstić information content (AvgIpc) is 2.99. The highest BCUT2D eigenvalue weighted by Crippen LogP contribution is 2.36. The number of amides is 1. The molecule has 33 heavy (non-hydrogen) atoms. The Morgan fingerprint density at radius 3 is 2.73 bits per heavy atom. The van der Waals surface area contributed by atoms with Crippen molar-refractivity contribution in [1.82, 2.24) is 0 Å². The van der Waals surface area contributed by atoms with Crippen LogP contribution in [-0.4, -0.2) is 24.2 Å². The summed E-state index contributed by atoms with van der Waals surface area (Å²) < 4.78 is 18.2. The topological polar surface area (TPSA) is 67.8 Å². The molecule has 0 aromatic heterocycles. The maximum Gasteiger partial charge on any atom is 0.338 e. The molecule has 1 heterocycles. The summed E-state index contributed by atoms with van der Waals surface area (Å²) in [6.45, 7) is 5.08. The van der Waals surface area contributed by atoms with Gasteiger partial charge in [-0.25, -0.2) is 9.18 Å². The predicted molar refractivity (Wildman–Crippen MR) is 128 cm³/mol. The lowest BCUT2D eigenvalue weighted by molar-refractivity contribution is -0.115. The van der Waals surface area contributed by atoms with Crippen molar-refractivity contribution in [2.75, 3.05) is 11.9 Å². The molecule has 0 unspecified atom stereocenters. The second-order valence-corrected chi connectivity index (χ2v) is 7.77. The largest absolute Gasteiger partial charge is 0.458 e. The van der Waals surface area contributed by atoms with Gasteiger partial charge in [0, 0.05) is 0 Å². The first-order chi connectivity index (χ1) is 16.0. The van der Waals surface area contributed by atoms with Gasteiger partial charge in [-0.1, -0.05) is 43.0 Å². The third-order valence-corrected chi connectivity index (χ3v) is 5.36. The van der Waals surface area contributed by atoms with Crippen LogP contribution in [0.15, 0.2) is 78.3 Å². The van der Waals surface area contributed by atoms with Gasteiger partial charge in [-0.15, -0.1) is 0 Å². The van der Waals surface area contributed by atoms with Crippen molar-refractivity contribution in [3.05, 3.63) is 95.6 Å². The summed E-state index contributed by atoms with van der Waals surface area (Å²) in [6, 6.07) is 17.9. The van der Waals surface area contributed by atoms with E-state index in [2.05, 4.69) is 11.9 Å². The van der Waals surface area contributed by atoms with Gasteiger partial charge < -0.3 is 10.1 Å².